The van der Waals surface area contributed by atoms with E-state index < -0.39 is 9.04 Å². The van der Waals surface area contributed by atoms with Crippen LogP contribution < -0.4 is 5.32 Å². The Morgan fingerprint density at radius 3 is 2.50 bits per heavy atom. The minimum atomic E-state index is -0.894. The Balaban J connectivity index is 2.27. The van der Waals surface area contributed by atoms with Crippen molar-refractivity contribution >= 4 is 14.7 Å². The lowest BCUT2D eigenvalue weighted by atomic mass is 10.3. The fourth-order valence-electron chi connectivity index (χ4n) is 1.33. The van der Waals surface area contributed by atoms with Gasteiger partial charge < -0.3 is 9.74 Å². The van der Waals surface area contributed by atoms with Gasteiger partial charge in [0.05, 0.1) is 6.10 Å². The number of hydrogen-bond donors (Lipinski definition) is 1. The molecule has 1 unspecified atom stereocenters. The lowest BCUT2D eigenvalue weighted by Crippen LogP contribution is -2.25. The Kier molecular flexibility index (Phi) is 4.69. The van der Waals surface area contributed by atoms with Crippen LogP contribution in [0.2, 0.25) is 13.1 Å². The molecule has 0 radical (unpaired) electrons. The zero-order valence-corrected chi connectivity index (χ0v) is 10.3. The van der Waals surface area contributed by atoms with Crippen LogP contribution in [0.25, 0.3) is 0 Å². The summed E-state index contributed by atoms with van der Waals surface area (Å²) in [5.74, 6) is 0. The molecule has 2 nitrogen and oxygen atoms in total. The van der Waals surface area contributed by atoms with Gasteiger partial charge in [0.25, 0.3) is 0 Å². The Bertz CT molecular complexity index is 251. The van der Waals surface area contributed by atoms with Crippen LogP contribution in [0.1, 0.15) is 6.92 Å². The van der Waals surface area contributed by atoms with Gasteiger partial charge in [-0.05, 0) is 32.2 Å². The fraction of sp³-hybridized carbons (Fsp3) is 0.455. The maximum absolute atomic E-state index is 5.75. The summed E-state index contributed by atoms with van der Waals surface area (Å²) in [5.41, 5.74) is 1.16. The van der Waals surface area contributed by atoms with Crippen LogP contribution in [0.3, 0.4) is 0 Å². The highest BCUT2D eigenvalue weighted by atomic mass is 28.3. The van der Waals surface area contributed by atoms with Crippen molar-refractivity contribution in [2.24, 2.45) is 0 Å². The fourth-order valence-corrected chi connectivity index (χ4v) is 2.36. The third-order valence-corrected chi connectivity index (χ3v) is 2.88. The van der Waals surface area contributed by atoms with Crippen molar-refractivity contribution in [3.63, 3.8) is 0 Å². The first-order valence-corrected chi connectivity index (χ1v) is 7.91. The third kappa shape index (κ3) is 4.44. The summed E-state index contributed by atoms with van der Waals surface area (Å²) in [6.45, 7) is 7.39. The van der Waals surface area contributed by atoms with E-state index in [1.54, 1.807) is 0 Å². The maximum Gasteiger partial charge on any atom is 0.171 e. The molecule has 0 aliphatic heterocycles. The Hall–Kier alpha value is -0.803. The predicted molar refractivity (Wildman–Crippen MR) is 64.4 cm³/mol. The maximum atomic E-state index is 5.75. The van der Waals surface area contributed by atoms with Crippen molar-refractivity contribution in [1.82, 2.24) is 0 Å². The van der Waals surface area contributed by atoms with Crippen LogP contribution in [-0.4, -0.2) is 21.7 Å². The van der Waals surface area contributed by atoms with Gasteiger partial charge in [-0.2, -0.15) is 0 Å². The summed E-state index contributed by atoms with van der Waals surface area (Å²) in [7, 11) is -0.894. The van der Waals surface area contributed by atoms with Crippen LogP contribution in [0.15, 0.2) is 30.3 Å². The zero-order chi connectivity index (χ0) is 10.4. The molecule has 78 valence electrons. The normalized spacial score (nSPS) is 12.9. The molecular formula is C11H19NOSi. The van der Waals surface area contributed by atoms with Gasteiger partial charge in [-0.15, -0.1) is 0 Å². The highest BCUT2D eigenvalue weighted by molar-refractivity contribution is 6.48. The summed E-state index contributed by atoms with van der Waals surface area (Å²) in [5, 5.41) is 3.35. The van der Waals surface area contributed by atoms with Crippen molar-refractivity contribution < 1.29 is 4.43 Å². The van der Waals surface area contributed by atoms with Crippen LogP contribution in [0.5, 0.6) is 0 Å². The van der Waals surface area contributed by atoms with E-state index in [4.69, 9.17) is 4.43 Å². The van der Waals surface area contributed by atoms with Gasteiger partial charge in [-0.3, -0.25) is 0 Å². The molecule has 0 amide bonds. The van der Waals surface area contributed by atoms with Gasteiger partial charge in [-0.25, -0.2) is 0 Å². The summed E-state index contributed by atoms with van der Waals surface area (Å²) in [6.07, 6.45) is 0.307. The second-order valence-electron chi connectivity index (χ2n) is 3.74. The van der Waals surface area contributed by atoms with Crippen molar-refractivity contribution in [3.8, 4) is 0 Å². The highest BCUT2D eigenvalue weighted by Crippen LogP contribution is 2.05. The molecule has 0 aromatic heterocycles. The second kappa shape index (κ2) is 5.83. The van der Waals surface area contributed by atoms with Crippen molar-refractivity contribution in [2.45, 2.75) is 26.1 Å². The van der Waals surface area contributed by atoms with E-state index in [2.05, 4.69) is 37.5 Å². The first-order chi connectivity index (χ1) is 6.68. The minimum Gasteiger partial charge on any atom is -0.416 e. The summed E-state index contributed by atoms with van der Waals surface area (Å²) in [4.78, 5) is 0. The molecule has 0 fully saturated rings. The van der Waals surface area contributed by atoms with Crippen molar-refractivity contribution in [1.29, 1.82) is 0 Å². The highest BCUT2D eigenvalue weighted by Gasteiger charge is 2.04. The van der Waals surface area contributed by atoms with Gasteiger partial charge in [0.2, 0.25) is 0 Å². The first kappa shape index (κ1) is 11.3. The predicted octanol–water partition coefficient (Wildman–Crippen LogP) is 2.49. The summed E-state index contributed by atoms with van der Waals surface area (Å²) >= 11 is 0. The molecule has 0 aliphatic rings. The van der Waals surface area contributed by atoms with E-state index in [1.807, 2.05) is 18.2 Å². The molecule has 1 aromatic carbocycles. The van der Waals surface area contributed by atoms with E-state index in [9.17, 15) is 0 Å². The molecule has 1 N–H and O–H groups in total. The lowest BCUT2D eigenvalue weighted by Gasteiger charge is -2.16. The van der Waals surface area contributed by atoms with E-state index in [1.165, 1.54) is 0 Å². The number of anilines is 1. The molecule has 14 heavy (non-hydrogen) atoms. The standard InChI is InChI=1S/C11H19NOSi/c1-10(13-14(2)3)9-12-11-7-5-4-6-8-11/h4-8,10,12,14H,9H2,1-3H3. The average molecular weight is 209 g/mol. The third-order valence-electron chi connectivity index (χ3n) is 1.87. The zero-order valence-electron chi connectivity index (χ0n) is 9.16. The summed E-state index contributed by atoms with van der Waals surface area (Å²) in [6, 6.07) is 10.2. The lowest BCUT2D eigenvalue weighted by molar-refractivity contribution is 0.239. The van der Waals surface area contributed by atoms with Gasteiger partial charge >= 0.3 is 0 Å². The number of nitrogens with one attached hydrogen (secondary N) is 1. The Labute approximate surface area is 88.0 Å². The van der Waals surface area contributed by atoms with E-state index in [0.717, 1.165) is 12.2 Å². The van der Waals surface area contributed by atoms with Gasteiger partial charge in [0.15, 0.2) is 9.04 Å². The van der Waals surface area contributed by atoms with Gasteiger partial charge in [-0.1, -0.05) is 18.2 Å². The molecule has 1 rings (SSSR count). The summed E-state index contributed by atoms with van der Waals surface area (Å²) < 4.78 is 5.75. The monoisotopic (exact) mass is 209 g/mol. The number of rotatable bonds is 5. The van der Waals surface area contributed by atoms with Crippen LogP contribution >= 0.6 is 0 Å². The molecule has 0 spiro atoms. The van der Waals surface area contributed by atoms with Crippen LogP contribution in [0.4, 0.5) is 5.69 Å². The SMILES string of the molecule is CC(CNc1ccccc1)O[SiH](C)C. The molecule has 0 heterocycles. The average Bonchev–Trinajstić information content (AvgIpc) is 2.15. The Morgan fingerprint density at radius 2 is 1.93 bits per heavy atom. The molecular weight excluding hydrogens is 190 g/mol. The first-order valence-electron chi connectivity index (χ1n) is 5.13. The quantitative estimate of drug-likeness (QED) is 0.752. The minimum absolute atomic E-state index is 0.307. The van der Waals surface area contributed by atoms with Crippen molar-refractivity contribution in [3.05, 3.63) is 30.3 Å². The number of hydrogen-bond acceptors (Lipinski definition) is 2. The van der Waals surface area contributed by atoms with Gasteiger partial charge in [0, 0.05) is 12.2 Å². The molecule has 1 aromatic rings. The molecule has 0 aliphatic carbocycles. The van der Waals surface area contributed by atoms with Gasteiger partial charge in [0.1, 0.15) is 0 Å². The second-order valence-corrected chi connectivity index (χ2v) is 6.11. The molecule has 0 saturated carbocycles. The number of para-hydroxylation sites is 1. The van der Waals surface area contributed by atoms with Crippen LogP contribution in [0, 0.1) is 0 Å². The van der Waals surface area contributed by atoms with E-state index >= 15 is 0 Å². The Morgan fingerprint density at radius 1 is 1.29 bits per heavy atom. The number of benzene rings is 1. The largest absolute Gasteiger partial charge is 0.416 e. The molecule has 1 atom stereocenters. The van der Waals surface area contributed by atoms with Crippen LogP contribution in [-0.2, 0) is 4.43 Å². The molecule has 0 bridgehead atoms. The molecule has 3 heteroatoms. The molecule has 0 saturated heterocycles. The van der Waals surface area contributed by atoms with E-state index in [-0.39, 0.29) is 0 Å². The van der Waals surface area contributed by atoms with E-state index in [0.29, 0.717) is 6.10 Å². The van der Waals surface area contributed by atoms with Crippen molar-refractivity contribution in [2.75, 3.05) is 11.9 Å². The topological polar surface area (TPSA) is 21.3 Å². The smallest absolute Gasteiger partial charge is 0.171 e.